The van der Waals surface area contributed by atoms with Crippen LogP contribution in [-0.2, 0) is 16.1 Å². The molecule has 0 spiro atoms. The van der Waals surface area contributed by atoms with E-state index in [-0.39, 0.29) is 11.8 Å². The second kappa shape index (κ2) is 6.21. The Labute approximate surface area is 116 Å². The third kappa shape index (κ3) is 2.80. The molecule has 1 aromatic carbocycles. The van der Waals surface area contributed by atoms with Crippen molar-refractivity contribution in [3.63, 3.8) is 0 Å². The van der Waals surface area contributed by atoms with Gasteiger partial charge in [-0.25, -0.2) is 0 Å². The molecule has 6 nitrogen and oxygen atoms in total. The van der Waals surface area contributed by atoms with Crippen LogP contribution in [0.5, 0.6) is 0 Å². The van der Waals surface area contributed by atoms with Crippen LogP contribution in [0.25, 0.3) is 10.9 Å². The number of esters is 1. The zero-order valence-electron chi connectivity index (χ0n) is 11.2. The molecule has 0 aliphatic carbocycles. The number of amidine groups is 1. The van der Waals surface area contributed by atoms with Gasteiger partial charge >= 0.3 is 5.97 Å². The van der Waals surface area contributed by atoms with Crippen LogP contribution in [0.15, 0.2) is 30.5 Å². The average Bonchev–Trinajstić information content (AvgIpc) is 2.87. The third-order valence-electron chi connectivity index (χ3n) is 3.06. The van der Waals surface area contributed by atoms with Crippen LogP contribution in [0.1, 0.15) is 18.9 Å². The lowest BCUT2D eigenvalue weighted by molar-refractivity contribution is -0.143. The quantitative estimate of drug-likeness (QED) is 0.336. The molecule has 6 heteroatoms. The van der Waals surface area contributed by atoms with Crippen LogP contribution < -0.4 is 5.48 Å². The van der Waals surface area contributed by atoms with E-state index in [0.717, 1.165) is 10.9 Å². The number of fused-ring (bicyclic) bond motifs is 1. The summed E-state index contributed by atoms with van der Waals surface area (Å²) in [6.45, 7) is 2.68. The highest BCUT2D eigenvalue weighted by Crippen LogP contribution is 2.20. The van der Waals surface area contributed by atoms with Gasteiger partial charge in [-0.3, -0.25) is 20.9 Å². The van der Waals surface area contributed by atoms with Gasteiger partial charge in [-0.2, -0.15) is 0 Å². The van der Waals surface area contributed by atoms with E-state index in [1.54, 1.807) is 13.0 Å². The fraction of sp³-hybridized carbons (Fsp3) is 0.286. The van der Waals surface area contributed by atoms with E-state index in [4.69, 9.17) is 15.4 Å². The van der Waals surface area contributed by atoms with Crippen LogP contribution >= 0.6 is 0 Å². The lowest BCUT2D eigenvalue weighted by Gasteiger charge is -2.07. The van der Waals surface area contributed by atoms with E-state index in [9.17, 15) is 4.79 Å². The summed E-state index contributed by atoms with van der Waals surface area (Å²) in [4.78, 5) is 11.4. The predicted octanol–water partition coefficient (Wildman–Crippen LogP) is 1.90. The number of hydrogen-bond donors (Lipinski definition) is 3. The molecule has 2 rings (SSSR count). The van der Waals surface area contributed by atoms with E-state index >= 15 is 0 Å². The SMILES string of the molecule is CCOC(=O)CCn1ccc2c(C(=N)NO)cccc21. The number of nitrogens with one attached hydrogen (secondary N) is 2. The highest BCUT2D eigenvalue weighted by Gasteiger charge is 2.10. The Morgan fingerprint density at radius 1 is 1.45 bits per heavy atom. The summed E-state index contributed by atoms with van der Waals surface area (Å²) in [5, 5.41) is 17.3. The second-order valence-corrected chi connectivity index (χ2v) is 4.29. The molecule has 1 aromatic heterocycles. The Balaban J connectivity index is 2.24. The number of rotatable bonds is 5. The second-order valence-electron chi connectivity index (χ2n) is 4.29. The smallest absolute Gasteiger partial charge is 0.307 e. The number of nitrogens with zero attached hydrogens (tertiary/aromatic N) is 1. The van der Waals surface area contributed by atoms with Crippen molar-refractivity contribution in [1.82, 2.24) is 10.0 Å². The minimum Gasteiger partial charge on any atom is -0.466 e. The summed E-state index contributed by atoms with van der Waals surface area (Å²) in [7, 11) is 0. The number of aryl methyl sites for hydroxylation is 1. The Bertz CT molecular complexity index is 634. The highest BCUT2D eigenvalue weighted by atomic mass is 16.5. The Hall–Kier alpha value is -2.34. The van der Waals surface area contributed by atoms with Crippen LogP contribution in [0.2, 0.25) is 0 Å². The molecule has 1 heterocycles. The standard InChI is InChI=1S/C14H17N3O3/c1-2-20-13(18)7-9-17-8-6-10-11(14(15)16-19)4-3-5-12(10)17/h3-6,8,19H,2,7,9H2,1H3,(H2,15,16). The number of hydroxylamine groups is 1. The van der Waals surface area contributed by atoms with Crippen LogP contribution in [0.3, 0.4) is 0 Å². The summed E-state index contributed by atoms with van der Waals surface area (Å²) in [6, 6.07) is 7.34. The van der Waals surface area contributed by atoms with Gasteiger partial charge in [0.25, 0.3) is 0 Å². The number of benzene rings is 1. The molecule has 0 bridgehead atoms. The van der Waals surface area contributed by atoms with Crippen molar-refractivity contribution in [2.75, 3.05) is 6.61 Å². The van der Waals surface area contributed by atoms with Crippen molar-refractivity contribution in [2.24, 2.45) is 0 Å². The van der Waals surface area contributed by atoms with Crippen molar-refractivity contribution in [1.29, 1.82) is 5.41 Å². The van der Waals surface area contributed by atoms with Gasteiger partial charge in [-0.05, 0) is 19.1 Å². The van der Waals surface area contributed by atoms with Gasteiger partial charge in [-0.1, -0.05) is 12.1 Å². The fourth-order valence-electron chi connectivity index (χ4n) is 2.14. The number of carbonyl (C=O) groups excluding carboxylic acids is 1. The molecular formula is C14H17N3O3. The molecule has 106 valence electrons. The Morgan fingerprint density at radius 2 is 2.25 bits per heavy atom. The summed E-state index contributed by atoms with van der Waals surface area (Å²) in [5.74, 6) is -0.283. The van der Waals surface area contributed by atoms with Gasteiger partial charge in [0.2, 0.25) is 0 Å². The maximum absolute atomic E-state index is 11.4. The van der Waals surface area contributed by atoms with E-state index in [0.29, 0.717) is 25.1 Å². The molecule has 0 amide bonds. The zero-order valence-corrected chi connectivity index (χ0v) is 11.2. The van der Waals surface area contributed by atoms with Gasteiger partial charge in [0, 0.05) is 29.2 Å². The van der Waals surface area contributed by atoms with Gasteiger partial charge in [0.05, 0.1) is 13.0 Å². The summed E-state index contributed by atoms with van der Waals surface area (Å²) < 4.78 is 6.83. The molecule has 0 atom stereocenters. The molecule has 3 N–H and O–H groups in total. The molecule has 0 aliphatic rings. The molecule has 0 aliphatic heterocycles. The minimum atomic E-state index is -0.227. The first-order valence-electron chi connectivity index (χ1n) is 6.40. The number of ether oxygens (including phenoxy) is 1. The summed E-state index contributed by atoms with van der Waals surface area (Å²) >= 11 is 0. The van der Waals surface area contributed by atoms with Crippen molar-refractivity contribution in [2.45, 2.75) is 19.9 Å². The van der Waals surface area contributed by atoms with Gasteiger partial charge in [0.1, 0.15) is 5.84 Å². The van der Waals surface area contributed by atoms with Gasteiger partial charge in [-0.15, -0.1) is 0 Å². The van der Waals surface area contributed by atoms with Crippen molar-refractivity contribution < 1.29 is 14.7 Å². The van der Waals surface area contributed by atoms with Crippen LogP contribution in [0, 0.1) is 5.41 Å². The molecule has 2 aromatic rings. The molecule has 0 radical (unpaired) electrons. The van der Waals surface area contributed by atoms with Gasteiger partial charge < -0.3 is 9.30 Å². The van der Waals surface area contributed by atoms with Crippen LogP contribution in [0.4, 0.5) is 0 Å². The first-order chi connectivity index (χ1) is 9.67. The molecule has 0 saturated carbocycles. The number of aromatic nitrogens is 1. The van der Waals surface area contributed by atoms with Crippen molar-refractivity contribution >= 4 is 22.7 Å². The van der Waals surface area contributed by atoms with E-state index in [2.05, 4.69) is 0 Å². The van der Waals surface area contributed by atoms with E-state index in [1.165, 1.54) is 0 Å². The maximum Gasteiger partial charge on any atom is 0.307 e. The number of carbonyl (C=O) groups is 1. The zero-order chi connectivity index (χ0) is 14.5. The van der Waals surface area contributed by atoms with Crippen molar-refractivity contribution in [3.05, 3.63) is 36.0 Å². The topological polar surface area (TPSA) is 87.3 Å². The maximum atomic E-state index is 11.4. The largest absolute Gasteiger partial charge is 0.466 e. The van der Waals surface area contributed by atoms with Crippen molar-refractivity contribution in [3.8, 4) is 0 Å². The lowest BCUT2D eigenvalue weighted by atomic mass is 10.1. The predicted molar refractivity (Wildman–Crippen MR) is 74.9 cm³/mol. The summed E-state index contributed by atoms with van der Waals surface area (Å²) in [6.07, 6.45) is 2.16. The number of hydrogen-bond acceptors (Lipinski definition) is 4. The molecule has 0 unspecified atom stereocenters. The molecule has 0 saturated heterocycles. The molecule has 20 heavy (non-hydrogen) atoms. The Morgan fingerprint density at radius 3 is 2.95 bits per heavy atom. The van der Waals surface area contributed by atoms with E-state index < -0.39 is 0 Å². The summed E-state index contributed by atoms with van der Waals surface area (Å²) in [5.41, 5.74) is 3.37. The lowest BCUT2D eigenvalue weighted by Crippen LogP contribution is -2.18. The van der Waals surface area contributed by atoms with E-state index in [1.807, 2.05) is 34.4 Å². The molecular weight excluding hydrogens is 258 g/mol. The first-order valence-corrected chi connectivity index (χ1v) is 6.40. The van der Waals surface area contributed by atoms with Crippen LogP contribution in [-0.4, -0.2) is 28.2 Å². The normalized spacial score (nSPS) is 10.5. The average molecular weight is 275 g/mol. The van der Waals surface area contributed by atoms with Gasteiger partial charge in [0.15, 0.2) is 0 Å². The minimum absolute atomic E-state index is 0.0567. The first kappa shape index (κ1) is 14.1. The monoisotopic (exact) mass is 275 g/mol. The molecule has 0 fully saturated rings. The fourth-order valence-corrected chi connectivity index (χ4v) is 2.14. The Kier molecular flexibility index (Phi) is 4.37. The highest BCUT2D eigenvalue weighted by molar-refractivity contribution is 6.07. The third-order valence-corrected chi connectivity index (χ3v) is 3.06.